The highest BCUT2D eigenvalue weighted by Crippen LogP contribution is 2.25. The molecule has 166 valence electrons. The van der Waals surface area contributed by atoms with E-state index in [0.717, 1.165) is 60.4 Å². The predicted molar refractivity (Wildman–Crippen MR) is 126 cm³/mol. The van der Waals surface area contributed by atoms with Crippen LogP contribution < -0.4 is 16.0 Å². The number of aliphatic imine (C=N–C) groups is 1. The number of aromatic nitrogens is 1. The Kier molecular flexibility index (Phi) is 8.12. The van der Waals surface area contributed by atoms with E-state index in [1.54, 1.807) is 6.20 Å². The monoisotopic (exact) mass is 442 g/mol. The molecule has 31 heavy (non-hydrogen) atoms. The van der Waals surface area contributed by atoms with E-state index >= 15 is 0 Å². The fourth-order valence-electron chi connectivity index (χ4n) is 3.80. The third-order valence-corrected chi connectivity index (χ3v) is 5.89. The molecule has 3 N–H and O–H groups in total. The van der Waals surface area contributed by atoms with Crippen LogP contribution in [0, 0.1) is 5.92 Å². The summed E-state index contributed by atoms with van der Waals surface area (Å²) in [4.78, 5) is 25.2. The molecule has 1 aromatic heterocycles. The molecular formula is C23H31ClN6O. The van der Waals surface area contributed by atoms with E-state index < -0.39 is 0 Å². The van der Waals surface area contributed by atoms with Gasteiger partial charge in [-0.05, 0) is 37.5 Å². The molecule has 0 spiro atoms. The zero-order valence-electron chi connectivity index (χ0n) is 18.2. The summed E-state index contributed by atoms with van der Waals surface area (Å²) in [5.41, 5.74) is 7.58. The van der Waals surface area contributed by atoms with Gasteiger partial charge in [0.05, 0.1) is 6.54 Å². The Morgan fingerprint density at radius 1 is 1.26 bits per heavy atom. The van der Waals surface area contributed by atoms with E-state index in [0.29, 0.717) is 13.1 Å². The van der Waals surface area contributed by atoms with E-state index in [2.05, 4.69) is 33.1 Å². The van der Waals surface area contributed by atoms with E-state index in [4.69, 9.17) is 22.3 Å². The van der Waals surface area contributed by atoms with Crippen LogP contribution in [0.3, 0.4) is 0 Å². The normalized spacial score (nSPS) is 15.1. The van der Waals surface area contributed by atoms with Gasteiger partial charge in [-0.25, -0.2) is 9.98 Å². The SMILES string of the molecule is CCNC(=NCc1cccnc1N1CCC(C(N)=O)CC1)N(C)Cc1ccccc1Cl. The number of carbonyl (C=O) groups excluding carboxylic acids is 1. The van der Waals surface area contributed by atoms with Gasteiger partial charge in [-0.3, -0.25) is 4.79 Å². The number of piperidine rings is 1. The highest BCUT2D eigenvalue weighted by Gasteiger charge is 2.25. The van der Waals surface area contributed by atoms with Crippen molar-refractivity contribution in [1.82, 2.24) is 15.2 Å². The number of nitrogens with one attached hydrogen (secondary N) is 1. The Labute approximate surface area is 189 Å². The number of hydrogen-bond acceptors (Lipinski definition) is 4. The molecule has 2 heterocycles. The summed E-state index contributed by atoms with van der Waals surface area (Å²) in [7, 11) is 2.00. The van der Waals surface area contributed by atoms with E-state index in [1.807, 2.05) is 37.4 Å². The number of anilines is 1. The van der Waals surface area contributed by atoms with Crippen molar-refractivity contribution in [3.8, 4) is 0 Å². The van der Waals surface area contributed by atoms with E-state index in [-0.39, 0.29) is 11.8 Å². The summed E-state index contributed by atoms with van der Waals surface area (Å²) in [6.45, 7) is 5.53. The topological polar surface area (TPSA) is 86.9 Å². The smallest absolute Gasteiger partial charge is 0.220 e. The van der Waals surface area contributed by atoms with Crippen molar-refractivity contribution in [2.45, 2.75) is 32.9 Å². The van der Waals surface area contributed by atoms with Gasteiger partial charge in [0, 0.05) is 55.9 Å². The molecule has 1 aromatic carbocycles. The first kappa shape index (κ1) is 22.9. The predicted octanol–water partition coefficient (Wildman–Crippen LogP) is 3.03. The second kappa shape index (κ2) is 11.0. The molecule has 1 fully saturated rings. The zero-order valence-corrected chi connectivity index (χ0v) is 19.0. The van der Waals surface area contributed by atoms with Crippen LogP contribution in [-0.2, 0) is 17.9 Å². The highest BCUT2D eigenvalue weighted by atomic mass is 35.5. The van der Waals surface area contributed by atoms with Crippen molar-refractivity contribution < 1.29 is 4.79 Å². The van der Waals surface area contributed by atoms with Crippen molar-refractivity contribution in [3.63, 3.8) is 0 Å². The van der Waals surface area contributed by atoms with E-state index in [9.17, 15) is 4.79 Å². The molecule has 0 bridgehead atoms. The number of amides is 1. The summed E-state index contributed by atoms with van der Waals surface area (Å²) in [5.74, 6) is 1.49. The van der Waals surface area contributed by atoms with Gasteiger partial charge in [0.2, 0.25) is 5.91 Å². The van der Waals surface area contributed by atoms with Crippen molar-refractivity contribution in [3.05, 3.63) is 58.7 Å². The maximum atomic E-state index is 11.5. The van der Waals surface area contributed by atoms with Crippen LogP contribution in [0.4, 0.5) is 5.82 Å². The van der Waals surface area contributed by atoms with Crippen LogP contribution in [-0.4, -0.2) is 48.4 Å². The molecule has 2 aromatic rings. The van der Waals surface area contributed by atoms with Gasteiger partial charge in [-0.1, -0.05) is 35.9 Å². The second-order valence-corrected chi connectivity index (χ2v) is 8.17. The molecule has 0 unspecified atom stereocenters. The van der Waals surface area contributed by atoms with Gasteiger partial charge in [-0.2, -0.15) is 0 Å². The number of hydrogen-bond donors (Lipinski definition) is 2. The summed E-state index contributed by atoms with van der Waals surface area (Å²) < 4.78 is 0. The number of nitrogens with two attached hydrogens (primary N) is 1. The number of benzene rings is 1. The van der Waals surface area contributed by atoms with Crippen molar-refractivity contribution in [2.75, 3.05) is 31.6 Å². The molecule has 7 nitrogen and oxygen atoms in total. The van der Waals surface area contributed by atoms with Gasteiger partial charge in [-0.15, -0.1) is 0 Å². The lowest BCUT2D eigenvalue weighted by atomic mass is 9.96. The van der Waals surface area contributed by atoms with Crippen LogP contribution in [0.2, 0.25) is 5.02 Å². The van der Waals surface area contributed by atoms with Crippen molar-refractivity contribution in [2.24, 2.45) is 16.6 Å². The van der Waals surface area contributed by atoms with Crippen LogP contribution in [0.5, 0.6) is 0 Å². The largest absolute Gasteiger partial charge is 0.369 e. The number of rotatable bonds is 7. The van der Waals surface area contributed by atoms with Gasteiger partial charge in [0.1, 0.15) is 5.82 Å². The first-order chi connectivity index (χ1) is 15.0. The van der Waals surface area contributed by atoms with Crippen LogP contribution in [0.15, 0.2) is 47.6 Å². The lowest BCUT2D eigenvalue weighted by Gasteiger charge is -2.32. The second-order valence-electron chi connectivity index (χ2n) is 7.77. The molecule has 1 saturated heterocycles. The summed E-state index contributed by atoms with van der Waals surface area (Å²) >= 11 is 6.33. The summed E-state index contributed by atoms with van der Waals surface area (Å²) in [6, 6.07) is 11.8. The fourth-order valence-corrected chi connectivity index (χ4v) is 4.00. The van der Waals surface area contributed by atoms with Gasteiger partial charge in [0.15, 0.2) is 5.96 Å². The fraction of sp³-hybridized carbons (Fsp3) is 0.435. The van der Waals surface area contributed by atoms with Gasteiger partial charge < -0.3 is 20.9 Å². The third kappa shape index (κ3) is 6.10. The lowest BCUT2D eigenvalue weighted by Crippen LogP contribution is -2.39. The van der Waals surface area contributed by atoms with E-state index in [1.165, 1.54) is 0 Å². The molecule has 0 atom stereocenters. The molecule has 1 aliphatic heterocycles. The number of primary amides is 1. The van der Waals surface area contributed by atoms with Crippen LogP contribution in [0.25, 0.3) is 0 Å². The Bertz CT molecular complexity index is 910. The average Bonchev–Trinajstić information content (AvgIpc) is 2.78. The number of carbonyl (C=O) groups is 1. The standard InChI is InChI=1S/C23H31ClN6O/c1-3-26-23(29(2)16-19-7-4-5-9-20(19)24)28-15-18-8-6-12-27-22(18)30-13-10-17(11-14-30)21(25)31/h4-9,12,17H,3,10-11,13-16H2,1-2H3,(H2,25,31)(H,26,28). The highest BCUT2D eigenvalue weighted by molar-refractivity contribution is 6.31. The number of halogens is 1. The maximum Gasteiger partial charge on any atom is 0.220 e. The lowest BCUT2D eigenvalue weighted by molar-refractivity contribution is -0.122. The molecule has 0 aliphatic carbocycles. The number of pyridine rings is 1. The molecule has 1 aliphatic rings. The summed E-state index contributed by atoms with van der Waals surface area (Å²) in [5, 5.41) is 4.11. The molecule has 1 amide bonds. The van der Waals surface area contributed by atoms with Crippen molar-refractivity contribution >= 4 is 29.3 Å². The molecular weight excluding hydrogens is 412 g/mol. The molecule has 0 saturated carbocycles. The third-order valence-electron chi connectivity index (χ3n) is 5.53. The summed E-state index contributed by atoms with van der Waals surface area (Å²) in [6.07, 6.45) is 3.33. The van der Waals surface area contributed by atoms with Gasteiger partial charge in [0.25, 0.3) is 0 Å². The minimum Gasteiger partial charge on any atom is -0.369 e. The Balaban J connectivity index is 1.73. The van der Waals surface area contributed by atoms with Crippen molar-refractivity contribution in [1.29, 1.82) is 0 Å². The van der Waals surface area contributed by atoms with Gasteiger partial charge >= 0.3 is 0 Å². The minimum absolute atomic E-state index is 0.0414. The molecule has 0 radical (unpaired) electrons. The first-order valence-electron chi connectivity index (χ1n) is 10.7. The molecule has 3 rings (SSSR count). The quantitative estimate of drug-likeness (QED) is 0.508. The first-order valence-corrected chi connectivity index (χ1v) is 11.1. The minimum atomic E-state index is -0.206. The Morgan fingerprint density at radius 3 is 2.65 bits per heavy atom. The Hall–Kier alpha value is -2.80. The zero-order chi connectivity index (χ0) is 22.2. The number of guanidine groups is 1. The van der Waals surface area contributed by atoms with Crippen LogP contribution in [0.1, 0.15) is 30.9 Å². The molecule has 8 heteroatoms. The van der Waals surface area contributed by atoms with Crippen LogP contribution >= 0.6 is 11.6 Å². The average molecular weight is 443 g/mol. The number of nitrogens with zero attached hydrogens (tertiary/aromatic N) is 4. The maximum absolute atomic E-state index is 11.5. The Morgan fingerprint density at radius 2 is 1.97 bits per heavy atom.